The first kappa shape index (κ1) is 19.2. The summed E-state index contributed by atoms with van der Waals surface area (Å²) in [5.41, 5.74) is 1.06. The normalized spacial score (nSPS) is 28.6. The van der Waals surface area contributed by atoms with E-state index >= 15 is 0 Å². The summed E-state index contributed by atoms with van der Waals surface area (Å²) in [5, 5.41) is 3.33. The van der Waals surface area contributed by atoms with E-state index in [9.17, 15) is 9.18 Å². The average Bonchev–Trinajstić information content (AvgIpc) is 2.65. The molecule has 1 aromatic rings. The zero-order valence-electron chi connectivity index (χ0n) is 16.3. The second kappa shape index (κ2) is 8.38. The van der Waals surface area contributed by atoms with Crippen LogP contribution in [-0.4, -0.2) is 44.2 Å². The van der Waals surface area contributed by atoms with Crippen LogP contribution < -0.4 is 15.1 Å². The van der Waals surface area contributed by atoms with Crippen molar-refractivity contribution in [2.75, 3.05) is 31.1 Å². The molecule has 26 heavy (non-hydrogen) atoms. The Morgan fingerprint density at radius 3 is 2.50 bits per heavy atom. The number of nitrogens with one attached hydrogen (secondary N) is 2. The second-order valence-corrected chi connectivity index (χ2v) is 8.23. The Morgan fingerprint density at radius 1 is 1.19 bits per heavy atom. The van der Waals surface area contributed by atoms with Gasteiger partial charge in [0.05, 0.1) is 26.2 Å². The number of quaternary nitrogens is 1. The summed E-state index contributed by atoms with van der Waals surface area (Å²) in [5.74, 6) is 1.25. The molecule has 2 fully saturated rings. The number of amides is 1. The Labute approximate surface area is 156 Å². The third-order valence-electron chi connectivity index (χ3n) is 6.64. The number of hydrogen-bond donors (Lipinski definition) is 2. The van der Waals surface area contributed by atoms with Crippen molar-refractivity contribution in [3.8, 4) is 0 Å². The molecule has 4 nitrogen and oxygen atoms in total. The van der Waals surface area contributed by atoms with Crippen LogP contribution in [-0.2, 0) is 4.79 Å². The number of nitrogens with zero attached hydrogens (tertiary/aromatic N) is 1. The lowest BCUT2D eigenvalue weighted by atomic mass is 9.78. The van der Waals surface area contributed by atoms with Crippen molar-refractivity contribution in [2.24, 2.45) is 11.8 Å². The van der Waals surface area contributed by atoms with Gasteiger partial charge < -0.3 is 15.1 Å². The van der Waals surface area contributed by atoms with Gasteiger partial charge in [-0.15, -0.1) is 0 Å². The van der Waals surface area contributed by atoms with E-state index in [1.165, 1.54) is 29.9 Å². The predicted octanol–water partition coefficient (Wildman–Crippen LogP) is 1.86. The molecule has 1 aliphatic heterocycles. The van der Waals surface area contributed by atoms with E-state index in [0.717, 1.165) is 38.3 Å². The van der Waals surface area contributed by atoms with Gasteiger partial charge in [0.25, 0.3) is 5.91 Å². The molecule has 5 heteroatoms. The van der Waals surface area contributed by atoms with Crippen LogP contribution in [0.1, 0.15) is 40.0 Å². The number of rotatable bonds is 4. The van der Waals surface area contributed by atoms with Gasteiger partial charge >= 0.3 is 0 Å². The van der Waals surface area contributed by atoms with Crippen molar-refractivity contribution >= 4 is 11.6 Å². The molecule has 0 bridgehead atoms. The molecule has 4 atom stereocenters. The minimum atomic E-state index is -0.199. The summed E-state index contributed by atoms with van der Waals surface area (Å²) in [4.78, 5) is 16.4. The summed E-state index contributed by atoms with van der Waals surface area (Å²) >= 11 is 0. The number of piperazine rings is 1. The van der Waals surface area contributed by atoms with Gasteiger partial charge in [-0.2, -0.15) is 0 Å². The first-order chi connectivity index (χ1) is 12.5. The maximum atomic E-state index is 13.1. The van der Waals surface area contributed by atoms with Crippen LogP contribution in [0.25, 0.3) is 0 Å². The highest BCUT2D eigenvalue weighted by Crippen LogP contribution is 2.29. The molecular formula is C21H33FN3O+. The van der Waals surface area contributed by atoms with Crippen LogP contribution >= 0.6 is 0 Å². The molecule has 1 saturated heterocycles. The third kappa shape index (κ3) is 4.37. The molecule has 1 amide bonds. The van der Waals surface area contributed by atoms with E-state index in [1.807, 2.05) is 12.1 Å². The van der Waals surface area contributed by atoms with E-state index in [0.29, 0.717) is 17.9 Å². The third-order valence-corrected chi connectivity index (χ3v) is 6.64. The Morgan fingerprint density at radius 2 is 1.85 bits per heavy atom. The van der Waals surface area contributed by atoms with Crippen LogP contribution in [0.3, 0.4) is 0 Å². The SMILES string of the molecule is C[C@@H]1[C@@H](C)CCC[C@H]1NC(=O)[C@@H](C)[NH+]1CCN(c2ccc(F)cc2)CC1. The van der Waals surface area contributed by atoms with Crippen molar-refractivity contribution in [2.45, 2.75) is 52.1 Å². The van der Waals surface area contributed by atoms with E-state index in [2.05, 4.69) is 31.0 Å². The second-order valence-electron chi connectivity index (χ2n) is 8.23. The number of anilines is 1. The molecule has 2 aliphatic rings. The zero-order valence-corrected chi connectivity index (χ0v) is 16.3. The molecule has 0 spiro atoms. The lowest BCUT2D eigenvalue weighted by Gasteiger charge is -2.38. The monoisotopic (exact) mass is 362 g/mol. The first-order valence-corrected chi connectivity index (χ1v) is 10.1. The van der Waals surface area contributed by atoms with Gasteiger partial charge in [0.15, 0.2) is 6.04 Å². The molecule has 1 heterocycles. The Kier molecular flexibility index (Phi) is 6.17. The van der Waals surface area contributed by atoms with Crippen molar-refractivity contribution in [1.29, 1.82) is 0 Å². The molecule has 1 saturated carbocycles. The lowest BCUT2D eigenvalue weighted by Crippen LogP contribution is -3.19. The Hall–Kier alpha value is -1.62. The summed E-state index contributed by atoms with van der Waals surface area (Å²) in [7, 11) is 0. The number of carbonyl (C=O) groups is 1. The van der Waals surface area contributed by atoms with Gasteiger partial charge in [0, 0.05) is 11.7 Å². The molecule has 2 N–H and O–H groups in total. The number of benzene rings is 1. The molecule has 0 aromatic heterocycles. The van der Waals surface area contributed by atoms with E-state index in [-0.39, 0.29) is 17.8 Å². The lowest BCUT2D eigenvalue weighted by molar-refractivity contribution is -0.914. The Balaban J connectivity index is 1.50. The van der Waals surface area contributed by atoms with E-state index in [4.69, 9.17) is 0 Å². The van der Waals surface area contributed by atoms with Crippen molar-refractivity contribution in [3.63, 3.8) is 0 Å². The van der Waals surface area contributed by atoms with Crippen LogP contribution in [0.5, 0.6) is 0 Å². The average molecular weight is 363 g/mol. The van der Waals surface area contributed by atoms with Gasteiger partial charge in [0.1, 0.15) is 5.82 Å². The largest absolute Gasteiger partial charge is 0.360 e. The van der Waals surface area contributed by atoms with E-state index < -0.39 is 0 Å². The van der Waals surface area contributed by atoms with Crippen molar-refractivity contribution in [1.82, 2.24) is 5.32 Å². The molecular weight excluding hydrogens is 329 g/mol. The fraction of sp³-hybridized carbons (Fsp3) is 0.667. The number of hydrogen-bond acceptors (Lipinski definition) is 2. The Bertz CT molecular complexity index is 598. The summed E-state index contributed by atoms with van der Waals surface area (Å²) in [6.45, 7) is 10.3. The molecule has 0 radical (unpaired) electrons. The highest BCUT2D eigenvalue weighted by Gasteiger charge is 2.33. The molecule has 3 rings (SSSR count). The molecule has 144 valence electrons. The van der Waals surface area contributed by atoms with Gasteiger partial charge in [-0.25, -0.2) is 4.39 Å². The van der Waals surface area contributed by atoms with Gasteiger partial charge in [-0.05, 0) is 49.4 Å². The highest BCUT2D eigenvalue weighted by atomic mass is 19.1. The van der Waals surface area contributed by atoms with Crippen LogP contribution in [0, 0.1) is 17.7 Å². The minimum Gasteiger partial charge on any atom is -0.360 e. The number of carbonyl (C=O) groups excluding carboxylic acids is 1. The van der Waals surface area contributed by atoms with Gasteiger partial charge in [0.2, 0.25) is 0 Å². The zero-order chi connectivity index (χ0) is 18.7. The topological polar surface area (TPSA) is 36.8 Å². The summed E-state index contributed by atoms with van der Waals surface area (Å²) < 4.78 is 13.1. The minimum absolute atomic E-state index is 0.0187. The quantitative estimate of drug-likeness (QED) is 0.858. The van der Waals surface area contributed by atoms with Crippen molar-refractivity contribution < 1.29 is 14.1 Å². The highest BCUT2D eigenvalue weighted by molar-refractivity contribution is 5.80. The molecule has 1 aliphatic carbocycles. The summed E-state index contributed by atoms with van der Waals surface area (Å²) in [6, 6.07) is 7.00. The molecule has 1 aromatic carbocycles. The molecule has 0 unspecified atom stereocenters. The summed E-state index contributed by atoms with van der Waals surface area (Å²) in [6.07, 6.45) is 3.60. The fourth-order valence-electron chi connectivity index (χ4n) is 4.42. The maximum Gasteiger partial charge on any atom is 0.278 e. The standard InChI is InChI=1S/C21H32FN3O/c1-15-5-4-6-20(16(15)2)23-21(26)17(3)24-11-13-25(14-12-24)19-9-7-18(22)8-10-19/h7-10,15-17,20H,4-6,11-14H2,1-3H3,(H,23,26)/p+1/t15-,16+,17+,20+/m0/s1. The number of halogens is 1. The van der Waals surface area contributed by atoms with Crippen molar-refractivity contribution in [3.05, 3.63) is 30.1 Å². The smallest absolute Gasteiger partial charge is 0.278 e. The van der Waals surface area contributed by atoms with Gasteiger partial charge in [-0.1, -0.05) is 26.7 Å². The predicted molar refractivity (Wildman–Crippen MR) is 103 cm³/mol. The van der Waals surface area contributed by atoms with E-state index in [1.54, 1.807) is 0 Å². The fourth-order valence-corrected chi connectivity index (χ4v) is 4.42. The van der Waals surface area contributed by atoms with Gasteiger partial charge in [-0.3, -0.25) is 4.79 Å². The maximum absolute atomic E-state index is 13.1. The van der Waals surface area contributed by atoms with Crippen LogP contribution in [0.4, 0.5) is 10.1 Å². The van der Waals surface area contributed by atoms with Crippen LogP contribution in [0.2, 0.25) is 0 Å². The van der Waals surface area contributed by atoms with Crippen LogP contribution in [0.15, 0.2) is 24.3 Å². The first-order valence-electron chi connectivity index (χ1n) is 10.1.